The molecule has 2 aromatic heterocycles. The van der Waals surface area contributed by atoms with E-state index in [1.165, 1.54) is 0 Å². The summed E-state index contributed by atoms with van der Waals surface area (Å²) in [6, 6.07) is 12.4. The Kier molecular flexibility index (Phi) is 6.73. The van der Waals surface area contributed by atoms with Gasteiger partial charge in [-0.05, 0) is 43.2 Å². The zero-order valence-electron chi connectivity index (χ0n) is 19.5. The topological polar surface area (TPSA) is 87.4 Å². The Morgan fingerprint density at radius 2 is 1.86 bits per heavy atom. The van der Waals surface area contributed by atoms with E-state index in [2.05, 4.69) is 25.8 Å². The molecule has 1 atom stereocenters. The number of fused-ring (bicyclic) bond motifs is 1. The van der Waals surface area contributed by atoms with Crippen molar-refractivity contribution in [2.24, 2.45) is 0 Å². The lowest BCUT2D eigenvalue weighted by Crippen LogP contribution is -2.38. The summed E-state index contributed by atoms with van der Waals surface area (Å²) in [5.41, 5.74) is 2.53. The molecule has 9 heteroatoms. The van der Waals surface area contributed by atoms with Crippen LogP contribution in [-0.4, -0.2) is 75.4 Å². The highest BCUT2D eigenvalue weighted by molar-refractivity contribution is 9.10. The van der Waals surface area contributed by atoms with E-state index in [9.17, 15) is 14.7 Å². The van der Waals surface area contributed by atoms with Crippen LogP contribution in [0.3, 0.4) is 0 Å². The van der Waals surface area contributed by atoms with Gasteiger partial charge in [-0.25, -0.2) is 4.98 Å². The van der Waals surface area contributed by atoms with Crippen LogP contribution < -0.4 is 0 Å². The lowest BCUT2D eigenvalue weighted by molar-refractivity contribution is -0.140. The minimum Gasteiger partial charge on any atom is -0.505 e. The van der Waals surface area contributed by atoms with E-state index in [0.717, 1.165) is 29.7 Å². The Morgan fingerprint density at radius 1 is 1.11 bits per heavy atom. The number of carbonyl (C=O) groups is 2. The lowest BCUT2D eigenvalue weighted by Gasteiger charge is -2.29. The first kappa shape index (κ1) is 23.7. The second kappa shape index (κ2) is 9.93. The number of benzene rings is 1. The molecule has 182 valence electrons. The van der Waals surface area contributed by atoms with Gasteiger partial charge in [0.15, 0.2) is 5.76 Å². The molecule has 2 aliphatic heterocycles. The molecule has 2 fully saturated rings. The monoisotopic (exact) mass is 538 g/mol. The SMILES string of the molecule is Cc1nc2ccccn2c1/C(O)=C1\C(=O)C(=O)N(CCCN2CCOCC2)[C@H]1c1ccc(Br)cc1. The van der Waals surface area contributed by atoms with Crippen LogP contribution in [0.25, 0.3) is 11.4 Å². The fourth-order valence-electron chi connectivity index (χ4n) is 4.92. The van der Waals surface area contributed by atoms with Crippen molar-refractivity contribution in [2.75, 3.05) is 39.4 Å². The molecule has 0 bridgehead atoms. The summed E-state index contributed by atoms with van der Waals surface area (Å²) < 4.78 is 8.05. The summed E-state index contributed by atoms with van der Waals surface area (Å²) >= 11 is 3.45. The van der Waals surface area contributed by atoms with Gasteiger partial charge < -0.3 is 14.7 Å². The third-order valence-corrected chi connectivity index (χ3v) is 7.16. The number of carbonyl (C=O) groups excluding carboxylic acids is 2. The van der Waals surface area contributed by atoms with Gasteiger partial charge in [-0.15, -0.1) is 0 Å². The molecule has 35 heavy (non-hydrogen) atoms. The van der Waals surface area contributed by atoms with E-state index >= 15 is 0 Å². The summed E-state index contributed by atoms with van der Waals surface area (Å²) in [4.78, 5) is 35.0. The molecule has 4 heterocycles. The maximum atomic E-state index is 13.3. The Hall–Kier alpha value is -3.01. The number of halogens is 1. The highest BCUT2D eigenvalue weighted by Gasteiger charge is 2.46. The minimum absolute atomic E-state index is 0.0949. The Balaban J connectivity index is 1.54. The van der Waals surface area contributed by atoms with Crippen molar-refractivity contribution in [3.63, 3.8) is 0 Å². The number of nitrogens with zero attached hydrogens (tertiary/aromatic N) is 4. The Morgan fingerprint density at radius 3 is 2.60 bits per heavy atom. The Bertz CT molecular complexity index is 1290. The van der Waals surface area contributed by atoms with Crippen LogP contribution in [0.5, 0.6) is 0 Å². The molecule has 0 saturated carbocycles. The van der Waals surface area contributed by atoms with E-state index < -0.39 is 17.7 Å². The van der Waals surface area contributed by atoms with E-state index in [1.54, 1.807) is 22.4 Å². The number of aryl methyl sites for hydroxylation is 1. The van der Waals surface area contributed by atoms with E-state index in [4.69, 9.17) is 4.74 Å². The van der Waals surface area contributed by atoms with Crippen molar-refractivity contribution in [3.05, 3.63) is 75.7 Å². The molecule has 0 unspecified atom stereocenters. The fourth-order valence-corrected chi connectivity index (χ4v) is 5.18. The minimum atomic E-state index is -0.679. The van der Waals surface area contributed by atoms with Crippen molar-refractivity contribution in [1.82, 2.24) is 19.2 Å². The first-order valence-corrected chi connectivity index (χ1v) is 12.5. The number of amides is 1. The van der Waals surface area contributed by atoms with Gasteiger partial charge in [0, 0.05) is 36.8 Å². The number of aliphatic hydroxyl groups is 1. The number of aromatic nitrogens is 2. The van der Waals surface area contributed by atoms with E-state index in [-0.39, 0.29) is 11.3 Å². The van der Waals surface area contributed by atoms with Crippen molar-refractivity contribution in [1.29, 1.82) is 0 Å². The maximum Gasteiger partial charge on any atom is 0.295 e. The van der Waals surface area contributed by atoms with Gasteiger partial charge in [0.05, 0.1) is 30.5 Å². The van der Waals surface area contributed by atoms with Gasteiger partial charge in [-0.1, -0.05) is 34.1 Å². The molecular weight excluding hydrogens is 512 g/mol. The number of ether oxygens (including phenoxy) is 1. The molecule has 8 nitrogen and oxygen atoms in total. The number of aliphatic hydroxyl groups excluding tert-OH is 1. The van der Waals surface area contributed by atoms with Crippen LogP contribution in [0.4, 0.5) is 0 Å². The third kappa shape index (κ3) is 4.51. The van der Waals surface area contributed by atoms with Crippen molar-refractivity contribution in [2.45, 2.75) is 19.4 Å². The number of ketones is 1. The van der Waals surface area contributed by atoms with Crippen LogP contribution in [0.15, 0.2) is 58.7 Å². The summed E-state index contributed by atoms with van der Waals surface area (Å²) in [6.45, 7) is 6.15. The van der Waals surface area contributed by atoms with Gasteiger partial charge in [0.25, 0.3) is 11.7 Å². The number of hydrogen-bond donors (Lipinski definition) is 1. The van der Waals surface area contributed by atoms with Gasteiger partial charge in [0.1, 0.15) is 11.3 Å². The molecule has 0 aliphatic carbocycles. The highest BCUT2D eigenvalue weighted by atomic mass is 79.9. The number of rotatable bonds is 6. The zero-order valence-corrected chi connectivity index (χ0v) is 21.1. The van der Waals surface area contributed by atoms with Crippen LogP contribution in [0, 0.1) is 6.92 Å². The molecule has 2 aliphatic rings. The first-order valence-electron chi connectivity index (χ1n) is 11.7. The fraction of sp³-hybridized carbons (Fsp3) is 0.346. The van der Waals surface area contributed by atoms with Gasteiger partial charge in [0.2, 0.25) is 0 Å². The van der Waals surface area contributed by atoms with Crippen LogP contribution in [-0.2, 0) is 14.3 Å². The largest absolute Gasteiger partial charge is 0.505 e. The average Bonchev–Trinajstić information content (AvgIpc) is 3.33. The summed E-state index contributed by atoms with van der Waals surface area (Å²) in [5.74, 6) is -1.47. The highest BCUT2D eigenvalue weighted by Crippen LogP contribution is 2.40. The van der Waals surface area contributed by atoms with E-state index in [0.29, 0.717) is 43.2 Å². The predicted molar refractivity (Wildman–Crippen MR) is 135 cm³/mol. The number of hydrogen-bond acceptors (Lipinski definition) is 6. The molecule has 3 aromatic rings. The molecule has 1 aromatic carbocycles. The predicted octanol–water partition coefficient (Wildman–Crippen LogP) is 3.55. The van der Waals surface area contributed by atoms with Crippen LogP contribution in [0.2, 0.25) is 0 Å². The average molecular weight is 539 g/mol. The van der Waals surface area contributed by atoms with Crippen molar-refractivity contribution >= 4 is 39.0 Å². The first-order chi connectivity index (χ1) is 17.0. The van der Waals surface area contributed by atoms with Gasteiger partial charge >= 0.3 is 0 Å². The summed E-state index contributed by atoms with van der Waals surface area (Å²) in [7, 11) is 0. The standard InChI is InChI=1S/C26H27BrN4O4/c1-17-22(30-11-3-2-5-20(30)28-17)24(32)21-23(18-6-8-19(27)9-7-18)31(26(34)25(21)33)12-4-10-29-13-15-35-16-14-29/h2-3,5-9,11,23,32H,4,10,12-16H2,1H3/b24-21+/t23-/m0/s1. The number of pyridine rings is 1. The van der Waals surface area contributed by atoms with Crippen LogP contribution >= 0.6 is 15.9 Å². The molecular formula is C26H27BrN4O4. The quantitative estimate of drug-likeness (QED) is 0.293. The van der Waals surface area contributed by atoms with Crippen molar-refractivity contribution < 1.29 is 19.4 Å². The molecule has 5 rings (SSSR count). The number of imidazole rings is 1. The van der Waals surface area contributed by atoms with Crippen molar-refractivity contribution in [3.8, 4) is 0 Å². The number of Topliss-reactive ketones (excluding diaryl/α,β-unsaturated/α-hetero) is 1. The molecule has 0 radical (unpaired) electrons. The second-order valence-electron chi connectivity index (χ2n) is 8.83. The summed E-state index contributed by atoms with van der Waals surface area (Å²) in [6.07, 6.45) is 2.51. The smallest absolute Gasteiger partial charge is 0.295 e. The van der Waals surface area contributed by atoms with Gasteiger partial charge in [-0.2, -0.15) is 0 Å². The van der Waals surface area contributed by atoms with E-state index in [1.807, 2.05) is 42.5 Å². The van der Waals surface area contributed by atoms with Crippen LogP contribution in [0.1, 0.15) is 29.4 Å². The molecule has 0 spiro atoms. The molecule has 1 amide bonds. The Labute approximate surface area is 211 Å². The zero-order chi connectivity index (χ0) is 24.5. The normalized spacial score (nSPS) is 20.7. The molecule has 1 N–H and O–H groups in total. The lowest BCUT2D eigenvalue weighted by atomic mass is 9.96. The second-order valence-corrected chi connectivity index (χ2v) is 9.74. The summed E-state index contributed by atoms with van der Waals surface area (Å²) in [5, 5.41) is 11.5. The third-order valence-electron chi connectivity index (χ3n) is 6.63. The number of morpholine rings is 1. The number of likely N-dealkylation sites (tertiary alicyclic amines) is 1. The molecule has 2 saturated heterocycles. The van der Waals surface area contributed by atoms with Gasteiger partial charge in [-0.3, -0.25) is 18.9 Å². The maximum absolute atomic E-state index is 13.3.